The molecule has 0 fully saturated rings. The van der Waals surface area contributed by atoms with Gasteiger partial charge in [0.1, 0.15) is 17.7 Å². The van der Waals surface area contributed by atoms with Crippen LogP contribution in [0.2, 0.25) is 5.02 Å². The number of halogens is 3. The molecule has 3 rings (SSSR count). The molecule has 2 atom stereocenters. The van der Waals surface area contributed by atoms with Gasteiger partial charge in [0.15, 0.2) is 21.4 Å². The highest BCUT2D eigenvalue weighted by Gasteiger charge is 2.44. The van der Waals surface area contributed by atoms with Crippen LogP contribution in [0.25, 0.3) is 0 Å². The summed E-state index contributed by atoms with van der Waals surface area (Å²) in [6, 6.07) is 7.38. The zero-order chi connectivity index (χ0) is 19.6. The molecule has 0 spiro atoms. The minimum absolute atomic E-state index is 0.0267. The predicted octanol–water partition coefficient (Wildman–Crippen LogP) is 4.01. The van der Waals surface area contributed by atoms with Gasteiger partial charge in [-0.15, -0.1) is 0 Å². The molecule has 0 aliphatic carbocycles. The SMILES string of the molecule is O=S(=O)(c1ccc(Cl)cc1)C1c2c(F)ccc(F)c2OCC1SCCCO. The van der Waals surface area contributed by atoms with E-state index in [0.29, 0.717) is 17.2 Å². The summed E-state index contributed by atoms with van der Waals surface area (Å²) >= 11 is 7.09. The lowest BCUT2D eigenvalue weighted by Crippen LogP contribution is -2.35. The average Bonchev–Trinajstić information content (AvgIpc) is 2.65. The van der Waals surface area contributed by atoms with Crippen LogP contribution in [0.4, 0.5) is 8.78 Å². The van der Waals surface area contributed by atoms with E-state index in [1.54, 1.807) is 0 Å². The second kappa shape index (κ2) is 8.34. The molecule has 2 unspecified atom stereocenters. The van der Waals surface area contributed by atoms with Gasteiger partial charge in [-0.2, -0.15) is 11.8 Å². The number of aliphatic hydroxyl groups excluding tert-OH is 1. The molecule has 1 N–H and O–H groups in total. The van der Waals surface area contributed by atoms with Crippen molar-refractivity contribution in [1.29, 1.82) is 0 Å². The lowest BCUT2D eigenvalue weighted by Gasteiger charge is -2.33. The van der Waals surface area contributed by atoms with Gasteiger partial charge in [0.2, 0.25) is 0 Å². The van der Waals surface area contributed by atoms with Gasteiger partial charge in [0.05, 0.1) is 15.7 Å². The van der Waals surface area contributed by atoms with Crippen molar-refractivity contribution in [3.8, 4) is 5.75 Å². The lowest BCUT2D eigenvalue weighted by atomic mass is 10.0. The Morgan fingerprint density at radius 3 is 2.48 bits per heavy atom. The number of benzene rings is 2. The third kappa shape index (κ3) is 4.08. The number of fused-ring (bicyclic) bond motifs is 1. The van der Waals surface area contributed by atoms with Crippen molar-refractivity contribution >= 4 is 33.2 Å². The van der Waals surface area contributed by atoms with E-state index in [-0.39, 0.29) is 29.4 Å². The number of ether oxygens (including phenoxy) is 1. The molecule has 1 aliphatic rings. The highest BCUT2D eigenvalue weighted by Crippen LogP contribution is 2.46. The minimum atomic E-state index is -4.05. The van der Waals surface area contributed by atoms with E-state index in [4.69, 9.17) is 21.4 Å². The summed E-state index contributed by atoms with van der Waals surface area (Å²) in [5, 5.41) is 7.38. The molecule has 4 nitrogen and oxygen atoms in total. The van der Waals surface area contributed by atoms with Crippen LogP contribution in [0.5, 0.6) is 5.75 Å². The highest BCUT2D eigenvalue weighted by atomic mass is 35.5. The third-order valence-electron chi connectivity index (χ3n) is 4.22. The largest absolute Gasteiger partial charge is 0.489 e. The van der Waals surface area contributed by atoms with Gasteiger partial charge in [0.25, 0.3) is 0 Å². The van der Waals surface area contributed by atoms with E-state index in [1.165, 1.54) is 36.0 Å². The van der Waals surface area contributed by atoms with Crippen LogP contribution >= 0.6 is 23.4 Å². The molecule has 0 bridgehead atoms. The molecule has 0 saturated heterocycles. The summed E-state index contributed by atoms with van der Waals surface area (Å²) in [5.41, 5.74) is -0.294. The molecule has 0 radical (unpaired) electrons. The summed E-state index contributed by atoms with van der Waals surface area (Å²) in [6.45, 7) is -0.129. The molecule has 2 aromatic carbocycles. The van der Waals surface area contributed by atoms with Crippen LogP contribution in [0.1, 0.15) is 17.2 Å². The second-order valence-electron chi connectivity index (χ2n) is 5.99. The Kier molecular flexibility index (Phi) is 6.30. The van der Waals surface area contributed by atoms with Crippen molar-refractivity contribution in [2.24, 2.45) is 0 Å². The van der Waals surface area contributed by atoms with Crippen LogP contribution in [-0.4, -0.2) is 37.7 Å². The van der Waals surface area contributed by atoms with Crippen LogP contribution in [0.3, 0.4) is 0 Å². The van der Waals surface area contributed by atoms with E-state index in [2.05, 4.69) is 0 Å². The van der Waals surface area contributed by atoms with Gasteiger partial charge in [-0.25, -0.2) is 17.2 Å². The number of aliphatic hydroxyl groups is 1. The summed E-state index contributed by atoms with van der Waals surface area (Å²) in [5.74, 6) is -1.54. The molecule has 9 heteroatoms. The molecular weight excluding hydrogens is 418 g/mol. The molecule has 1 heterocycles. The first-order valence-electron chi connectivity index (χ1n) is 8.19. The van der Waals surface area contributed by atoms with E-state index >= 15 is 0 Å². The summed E-state index contributed by atoms with van der Waals surface area (Å²) in [7, 11) is -4.05. The summed E-state index contributed by atoms with van der Waals surface area (Å²) in [6.07, 6.45) is 0.452. The van der Waals surface area contributed by atoms with Gasteiger partial charge in [-0.1, -0.05) is 11.6 Å². The highest BCUT2D eigenvalue weighted by molar-refractivity contribution is 8.01. The fourth-order valence-electron chi connectivity index (χ4n) is 2.96. The number of rotatable bonds is 6. The van der Waals surface area contributed by atoms with E-state index in [9.17, 15) is 17.2 Å². The normalized spacial score (nSPS) is 19.4. The monoisotopic (exact) mass is 434 g/mol. The topological polar surface area (TPSA) is 63.6 Å². The molecule has 2 aromatic rings. The van der Waals surface area contributed by atoms with Gasteiger partial charge in [-0.05, 0) is 48.6 Å². The van der Waals surface area contributed by atoms with Crippen LogP contribution in [-0.2, 0) is 9.84 Å². The zero-order valence-corrected chi connectivity index (χ0v) is 16.5. The zero-order valence-electron chi connectivity index (χ0n) is 14.1. The van der Waals surface area contributed by atoms with E-state index < -0.39 is 32.0 Å². The first-order valence-corrected chi connectivity index (χ1v) is 11.2. The third-order valence-corrected chi connectivity index (χ3v) is 8.17. The van der Waals surface area contributed by atoms with Crippen molar-refractivity contribution in [3.63, 3.8) is 0 Å². The average molecular weight is 435 g/mol. The number of sulfone groups is 1. The fraction of sp³-hybridized carbons (Fsp3) is 0.333. The smallest absolute Gasteiger partial charge is 0.186 e. The van der Waals surface area contributed by atoms with E-state index in [1.807, 2.05) is 0 Å². The summed E-state index contributed by atoms with van der Waals surface area (Å²) in [4.78, 5) is -0.0267. The minimum Gasteiger partial charge on any atom is -0.489 e. The van der Waals surface area contributed by atoms with Crippen molar-refractivity contribution in [2.75, 3.05) is 19.0 Å². The van der Waals surface area contributed by atoms with Gasteiger partial charge in [0, 0.05) is 11.6 Å². The Balaban J connectivity index is 2.11. The van der Waals surface area contributed by atoms with Gasteiger partial charge >= 0.3 is 0 Å². The Morgan fingerprint density at radius 1 is 1.15 bits per heavy atom. The Morgan fingerprint density at radius 2 is 1.81 bits per heavy atom. The Bertz CT molecular complexity index is 920. The quantitative estimate of drug-likeness (QED) is 0.696. The molecule has 146 valence electrons. The molecule has 0 aromatic heterocycles. The fourth-order valence-corrected chi connectivity index (χ4v) is 6.65. The predicted molar refractivity (Wildman–Crippen MR) is 101 cm³/mol. The van der Waals surface area contributed by atoms with E-state index in [0.717, 1.165) is 12.1 Å². The van der Waals surface area contributed by atoms with Gasteiger partial charge < -0.3 is 9.84 Å². The van der Waals surface area contributed by atoms with Crippen molar-refractivity contribution in [3.05, 3.63) is 58.6 Å². The van der Waals surface area contributed by atoms with Crippen LogP contribution in [0, 0.1) is 11.6 Å². The van der Waals surface area contributed by atoms with Crippen LogP contribution in [0.15, 0.2) is 41.3 Å². The van der Waals surface area contributed by atoms with Gasteiger partial charge in [-0.3, -0.25) is 0 Å². The maximum atomic E-state index is 14.6. The molecular formula is C18H17ClF2O4S2. The molecule has 1 aliphatic heterocycles. The first kappa shape index (κ1) is 20.4. The number of thioether (sulfide) groups is 1. The molecule has 0 amide bonds. The van der Waals surface area contributed by atoms with Crippen LogP contribution < -0.4 is 4.74 Å². The van der Waals surface area contributed by atoms with Crippen molar-refractivity contribution in [1.82, 2.24) is 0 Å². The maximum Gasteiger partial charge on any atom is 0.186 e. The van der Waals surface area contributed by atoms with Crippen molar-refractivity contribution in [2.45, 2.75) is 21.8 Å². The number of hydrogen-bond donors (Lipinski definition) is 1. The second-order valence-corrected chi connectivity index (χ2v) is 9.84. The molecule has 0 saturated carbocycles. The summed E-state index contributed by atoms with van der Waals surface area (Å²) < 4.78 is 60.8. The Hall–Kier alpha value is -1.35. The molecule has 27 heavy (non-hydrogen) atoms. The lowest BCUT2D eigenvalue weighted by molar-refractivity contribution is 0.269. The Labute approximate surface area is 165 Å². The number of hydrogen-bond acceptors (Lipinski definition) is 5. The first-order chi connectivity index (χ1) is 12.9. The maximum absolute atomic E-state index is 14.6. The van der Waals surface area contributed by atoms with Crippen molar-refractivity contribution < 1.29 is 27.0 Å². The standard InChI is InChI=1S/C18H17ClF2O4S2/c19-11-2-4-12(5-3-11)27(23,24)18-15(26-9-1-8-22)10-25-17-14(21)7-6-13(20)16(17)18/h2-7,15,18,22H,1,8-10H2.